The highest BCUT2D eigenvalue weighted by Gasteiger charge is 2.56. The minimum atomic E-state index is -0.881. The van der Waals surface area contributed by atoms with E-state index in [1.807, 2.05) is 46.5 Å². The van der Waals surface area contributed by atoms with Gasteiger partial charge < -0.3 is 9.88 Å². The van der Waals surface area contributed by atoms with Crippen molar-refractivity contribution in [1.29, 1.82) is 0 Å². The van der Waals surface area contributed by atoms with Crippen molar-refractivity contribution in [2.24, 2.45) is 10.9 Å². The zero-order valence-electron chi connectivity index (χ0n) is 14.9. The number of benzene rings is 1. The fourth-order valence-corrected chi connectivity index (χ4v) is 4.11. The van der Waals surface area contributed by atoms with Gasteiger partial charge in [0.25, 0.3) is 11.8 Å². The Morgan fingerprint density at radius 3 is 2.74 bits per heavy atom. The third kappa shape index (κ3) is 3.44. The first-order valence-corrected chi connectivity index (χ1v) is 9.75. The van der Waals surface area contributed by atoms with E-state index in [0.717, 1.165) is 23.3 Å². The van der Waals surface area contributed by atoms with Gasteiger partial charge in [0.2, 0.25) is 0 Å². The number of amides is 4. The minimum Gasteiger partial charge on any atom is -0.323 e. The molecule has 1 saturated carbocycles. The van der Waals surface area contributed by atoms with E-state index in [4.69, 9.17) is 0 Å². The minimum absolute atomic E-state index is 0.163. The lowest BCUT2D eigenvalue weighted by atomic mass is 9.96. The van der Waals surface area contributed by atoms with Crippen LogP contribution >= 0.6 is 11.3 Å². The fraction of sp³-hybridized carbons (Fsp3) is 0.368. The van der Waals surface area contributed by atoms with Gasteiger partial charge in [0.05, 0.1) is 0 Å². The molecule has 0 bridgehead atoms. The van der Waals surface area contributed by atoms with Gasteiger partial charge in [-0.1, -0.05) is 30.3 Å². The number of aromatic nitrogens is 1. The van der Waals surface area contributed by atoms with Gasteiger partial charge in [0.15, 0.2) is 4.80 Å². The van der Waals surface area contributed by atoms with Gasteiger partial charge >= 0.3 is 6.03 Å². The summed E-state index contributed by atoms with van der Waals surface area (Å²) in [5, 5.41) is 4.60. The first-order valence-electron chi connectivity index (χ1n) is 8.87. The first-order chi connectivity index (χ1) is 13.0. The van der Waals surface area contributed by atoms with Gasteiger partial charge in [-0.15, -0.1) is 11.3 Å². The van der Waals surface area contributed by atoms with Crippen LogP contribution in [0.5, 0.6) is 0 Å². The molecule has 1 aromatic heterocycles. The third-order valence-corrected chi connectivity index (χ3v) is 5.86. The van der Waals surface area contributed by atoms with Gasteiger partial charge in [-0.05, 0) is 31.2 Å². The van der Waals surface area contributed by atoms with Crippen LogP contribution in [-0.4, -0.2) is 39.4 Å². The normalized spacial score (nSPS) is 23.0. The zero-order chi connectivity index (χ0) is 19.0. The van der Waals surface area contributed by atoms with Gasteiger partial charge in [-0.2, -0.15) is 4.99 Å². The zero-order valence-corrected chi connectivity index (χ0v) is 15.7. The van der Waals surface area contributed by atoms with E-state index < -0.39 is 17.5 Å². The topological polar surface area (TPSA) is 83.8 Å². The van der Waals surface area contributed by atoms with Crippen LogP contribution < -0.4 is 10.1 Å². The number of imide groups is 1. The first kappa shape index (κ1) is 17.7. The quantitative estimate of drug-likeness (QED) is 0.797. The van der Waals surface area contributed by atoms with Gasteiger partial charge in [-0.3, -0.25) is 14.5 Å². The molecule has 27 heavy (non-hydrogen) atoms. The second-order valence-electron chi connectivity index (χ2n) is 7.10. The molecule has 1 saturated heterocycles. The number of carbonyl (C=O) groups is 3. The Morgan fingerprint density at radius 1 is 1.30 bits per heavy atom. The van der Waals surface area contributed by atoms with E-state index in [2.05, 4.69) is 10.3 Å². The summed E-state index contributed by atoms with van der Waals surface area (Å²) >= 11 is 1.34. The van der Waals surface area contributed by atoms with Crippen LogP contribution in [0.3, 0.4) is 0 Å². The predicted octanol–water partition coefficient (Wildman–Crippen LogP) is 1.75. The highest BCUT2D eigenvalue weighted by molar-refractivity contribution is 7.07. The van der Waals surface area contributed by atoms with Crippen LogP contribution in [0.4, 0.5) is 4.79 Å². The van der Waals surface area contributed by atoms with Gasteiger partial charge in [0.1, 0.15) is 12.1 Å². The average Bonchev–Trinajstić information content (AvgIpc) is 3.39. The number of nitrogens with zero attached hydrogens (tertiary/aromatic N) is 3. The average molecular weight is 384 g/mol. The number of carbonyl (C=O) groups excluding carboxylic acids is 3. The van der Waals surface area contributed by atoms with Crippen molar-refractivity contribution in [3.8, 4) is 0 Å². The molecular weight excluding hydrogens is 364 g/mol. The Kier molecular flexibility index (Phi) is 4.43. The number of nitrogens with one attached hydrogen (secondary N) is 1. The standard InChI is InChI=1S/C19H20N4O3S/c1-19(14-7-8-14)16(25)23(17(26)21-19)12-15(24)20-18-22(9-10-27-18)11-13-5-3-2-4-6-13/h2-6,9-10,14H,7-8,11-12H2,1H3,(H,21,26). The van der Waals surface area contributed by atoms with E-state index in [9.17, 15) is 14.4 Å². The van der Waals surface area contributed by atoms with Crippen LogP contribution in [0, 0.1) is 5.92 Å². The smallest absolute Gasteiger partial charge is 0.323 e. The van der Waals surface area contributed by atoms with E-state index in [-0.39, 0.29) is 18.4 Å². The molecule has 8 heteroatoms. The molecule has 4 rings (SSSR count). The molecule has 1 atom stereocenters. The Labute approximate surface area is 160 Å². The molecule has 2 aromatic rings. The number of rotatable bonds is 5. The summed E-state index contributed by atoms with van der Waals surface area (Å²) in [7, 11) is 0. The maximum atomic E-state index is 12.6. The van der Waals surface area contributed by atoms with Crippen molar-refractivity contribution >= 4 is 29.2 Å². The monoisotopic (exact) mass is 384 g/mol. The maximum Gasteiger partial charge on any atom is 0.325 e. The molecule has 0 spiro atoms. The molecule has 2 aliphatic rings. The van der Waals surface area contributed by atoms with Crippen LogP contribution in [0.2, 0.25) is 0 Å². The van der Waals surface area contributed by atoms with Crippen molar-refractivity contribution in [1.82, 2.24) is 14.8 Å². The maximum absolute atomic E-state index is 12.6. The van der Waals surface area contributed by atoms with E-state index >= 15 is 0 Å². The summed E-state index contributed by atoms with van der Waals surface area (Å²) in [5.41, 5.74) is 0.215. The van der Waals surface area contributed by atoms with E-state index in [1.165, 1.54) is 11.3 Å². The lowest BCUT2D eigenvalue weighted by Gasteiger charge is -2.20. The highest BCUT2D eigenvalue weighted by atomic mass is 32.1. The van der Waals surface area contributed by atoms with Crippen LogP contribution in [0.15, 0.2) is 46.9 Å². The summed E-state index contributed by atoms with van der Waals surface area (Å²) in [6.45, 7) is 2.00. The second-order valence-corrected chi connectivity index (χ2v) is 7.98. The summed E-state index contributed by atoms with van der Waals surface area (Å²) in [6, 6.07) is 9.35. The summed E-state index contributed by atoms with van der Waals surface area (Å²) < 4.78 is 1.87. The fourth-order valence-electron chi connectivity index (χ4n) is 3.36. The molecule has 2 fully saturated rings. The van der Waals surface area contributed by atoms with Gasteiger partial charge in [-0.25, -0.2) is 4.79 Å². The number of hydrogen-bond donors (Lipinski definition) is 1. The SMILES string of the molecule is CC1(C2CC2)NC(=O)N(CC(=O)N=c2sccn2Cc2ccccc2)C1=O. The Hall–Kier alpha value is -2.74. The largest absolute Gasteiger partial charge is 0.325 e. The summed E-state index contributed by atoms with van der Waals surface area (Å²) in [5.74, 6) is -0.680. The van der Waals surface area contributed by atoms with Gasteiger partial charge in [0, 0.05) is 18.1 Å². The van der Waals surface area contributed by atoms with Crippen molar-refractivity contribution in [2.75, 3.05) is 6.54 Å². The predicted molar refractivity (Wildman–Crippen MR) is 99.8 cm³/mol. The third-order valence-electron chi connectivity index (χ3n) is 5.06. The number of urea groups is 1. The van der Waals surface area contributed by atoms with Crippen molar-refractivity contribution in [2.45, 2.75) is 31.8 Å². The molecule has 1 N–H and O–H groups in total. The van der Waals surface area contributed by atoms with Crippen LogP contribution in [0.1, 0.15) is 25.3 Å². The Morgan fingerprint density at radius 2 is 2.04 bits per heavy atom. The second kappa shape index (κ2) is 6.77. The van der Waals surface area contributed by atoms with Crippen LogP contribution in [0.25, 0.3) is 0 Å². The van der Waals surface area contributed by atoms with E-state index in [0.29, 0.717) is 11.3 Å². The Bertz CT molecular complexity index is 961. The summed E-state index contributed by atoms with van der Waals surface area (Å²) in [6.07, 6.45) is 3.70. The molecule has 7 nitrogen and oxygen atoms in total. The molecule has 1 unspecified atom stereocenters. The highest BCUT2D eigenvalue weighted by Crippen LogP contribution is 2.42. The molecule has 0 radical (unpaired) electrons. The van der Waals surface area contributed by atoms with Crippen molar-refractivity contribution in [3.63, 3.8) is 0 Å². The number of thiazole rings is 1. The molecule has 1 aliphatic carbocycles. The lowest BCUT2D eigenvalue weighted by molar-refractivity contribution is -0.134. The summed E-state index contributed by atoms with van der Waals surface area (Å²) in [4.78, 5) is 42.9. The number of hydrogen-bond acceptors (Lipinski definition) is 4. The van der Waals surface area contributed by atoms with Crippen molar-refractivity contribution in [3.05, 3.63) is 52.3 Å². The lowest BCUT2D eigenvalue weighted by Crippen LogP contribution is -2.46. The molecule has 1 aromatic carbocycles. The molecule has 1 aliphatic heterocycles. The van der Waals surface area contributed by atoms with E-state index in [1.54, 1.807) is 6.92 Å². The molecular formula is C19H20N4O3S. The van der Waals surface area contributed by atoms with Crippen LogP contribution in [-0.2, 0) is 16.1 Å². The van der Waals surface area contributed by atoms with Crippen molar-refractivity contribution < 1.29 is 14.4 Å². The molecule has 140 valence electrons. The Balaban J connectivity index is 1.49. The molecule has 4 amide bonds. The molecule has 2 heterocycles.